The van der Waals surface area contributed by atoms with Crippen molar-refractivity contribution in [3.05, 3.63) is 5.21 Å². The number of nitrogen functional groups attached to an aromatic ring is 1. The molecule has 2 rings (SSSR count). The molecule has 7 heteroatoms. The first-order valence-electron chi connectivity index (χ1n) is 3.08. The van der Waals surface area contributed by atoms with Crippen LogP contribution >= 0.6 is 0 Å². The van der Waals surface area contributed by atoms with Crippen LogP contribution in [0.2, 0.25) is 0 Å². The smallest absolute Gasteiger partial charge is 0.451 e. The maximum atomic E-state index is 10.7. The van der Waals surface area contributed by atoms with E-state index in [1.807, 2.05) is 0 Å². The average Bonchev–Trinajstić information content (AvgIpc) is 2.48. The summed E-state index contributed by atoms with van der Waals surface area (Å²) < 4.78 is 9.62. The summed E-state index contributed by atoms with van der Waals surface area (Å²) in [6.07, 6.45) is 0. The largest absolute Gasteiger partial charge is 0.591 e. The van der Waals surface area contributed by atoms with E-state index >= 15 is 0 Å². The van der Waals surface area contributed by atoms with Gasteiger partial charge in [-0.1, -0.05) is 0 Å². The third kappa shape index (κ3) is 0.698. The van der Waals surface area contributed by atoms with Crippen LogP contribution in [-0.2, 0) is 0 Å². The Morgan fingerprint density at radius 1 is 1.50 bits per heavy atom. The van der Waals surface area contributed by atoms with Crippen molar-refractivity contribution in [1.29, 1.82) is 0 Å². The Bertz CT molecular complexity index is 340. The molecule has 0 unspecified atom stereocenters. The third-order valence-electron chi connectivity index (χ3n) is 1.43. The number of fused-ring (bicyclic) bond motifs is 1. The molecule has 2 heterocycles. The van der Waals surface area contributed by atoms with Gasteiger partial charge in [0.1, 0.15) is 0 Å². The zero-order valence-electron chi connectivity index (χ0n) is 5.85. The molecule has 1 aromatic heterocycles. The predicted octanol–water partition coefficient (Wildman–Crippen LogP) is -1.27. The summed E-state index contributed by atoms with van der Waals surface area (Å²) in [7, 11) is 0. The monoisotopic (exact) mass is 171 g/mol. The molecule has 0 amide bonds. The SMILES string of the molecule is Nc1n[n+]([O-])c(O)c2c1OCO2. The Kier molecular flexibility index (Phi) is 1.15. The number of ether oxygens (including phenoxy) is 2. The minimum Gasteiger partial charge on any atom is -0.591 e. The third-order valence-corrected chi connectivity index (χ3v) is 1.43. The molecule has 0 saturated heterocycles. The van der Waals surface area contributed by atoms with Crippen molar-refractivity contribution in [2.24, 2.45) is 0 Å². The van der Waals surface area contributed by atoms with Crippen LogP contribution in [0, 0.1) is 5.21 Å². The van der Waals surface area contributed by atoms with Gasteiger partial charge in [0.05, 0.1) is 0 Å². The van der Waals surface area contributed by atoms with Gasteiger partial charge in [0.15, 0.2) is 0 Å². The lowest BCUT2D eigenvalue weighted by atomic mass is 10.4. The summed E-state index contributed by atoms with van der Waals surface area (Å²) in [5.41, 5.74) is 5.29. The van der Waals surface area contributed by atoms with E-state index in [1.54, 1.807) is 0 Å². The van der Waals surface area contributed by atoms with Crippen molar-refractivity contribution < 1.29 is 19.4 Å². The molecule has 0 saturated carbocycles. The van der Waals surface area contributed by atoms with Gasteiger partial charge in [-0.15, -0.1) is 0 Å². The zero-order valence-corrected chi connectivity index (χ0v) is 5.85. The van der Waals surface area contributed by atoms with Crippen molar-refractivity contribution in [2.75, 3.05) is 12.5 Å². The molecular weight excluding hydrogens is 166 g/mol. The molecule has 7 nitrogen and oxygen atoms in total. The van der Waals surface area contributed by atoms with Gasteiger partial charge < -0.3 is 25.5 Å². The highest BCUT2D eigenvalue weighted by atomic mass is 16.7. The van der Waals surface area contributed by atoms with E-state index < -0.39 is 5.88 Å². The quantitative estimate of drug-likeness (QED) is 0.372. The number of nitrogens with zero attached hydrogens (tertiary/aromatic N) is 2. The molecule has 0 aliphatic carbocycles. The predicted molar refractivity (Wildman–Crippen MR) is 35.4 cm³/mol. The van der Waals surface area contributed by atoms with Crippen molar-refractivity contribution >= 4 is 5.82 Å². The fraction of sp³-hybridized carbons (Fsp3) is 0.200. The summed E-state index contributed by atoms with van der Waals surface area (Å²) in [6, 6.07) is 0. The molecule has 0 spiro atoms. The summed E-state index contributed by atoms with van der Waals surface area (Å²) in [6.45, 7) is -0.0706. The fourth-order valence-electron chi connectivity index (χ4n) is 0.912. The molecule has 1 aliphatic rings. The van der Waals surface area contributed by atoms with Crippen molar-refractivity contribution in [3.63, 3.8) is 0 Å². The first-order chi connectivity index (χ1) is 5.70. The van der Waals surface area contributed by atoms with Gasteiger partial charge in [0.25, 0.3) is 5.75 Å². The van der Waals surface area contributed by atoms with Gasteiger partial charge in [0, 0.05) is 5.10 Å². The minimum absolute atomic E-state index is 0.0250. The highest BCUT2D eigenvalue weighted by Crippen LogP contribution is 2.40. The highest BCUT2D eigenvalue weighted by molar-refractivity contribution is 5.57. The number of aromatic nitrogens is 2. The summed E-state index contributed by atoms with van der Waals surface area (Å²) >= 11 is 0. The van der Waals surface area contributed by atoms with Gasteiger partial charge in [-0.25, -0.2) is 0 Å². The molecule has 64 valence electrons. The molecule has 0 atom stereocenters. The van der Waals surface area contributed by atoms with Gasteiger partial charge in [0.2, 0.25) is 18.4 Å². The molecule has 1 aliphatic heterocycles. The molecule has 0 bridgehead atoms. The van der Waals surface area contributed by atoms with Crippen LogP contribution in [0.3, 0.4) is 0 Å². The summed E-state index contributed by atoms with van der Waals surface area (Å²) in [5, 5.41) is 23.0. The molecule has 1 aromatic rings. The molecule has 12 heavy (non-hydrogen) atoms. The Balaban J connectivity index is 2.69. The summed E-state index contributed by atoms with van der Waals surface area (Å²) in [4.78, 5) is -0.0250. The van der Waals surface area contributed by atoms with Gasteiger partial charge in [-0.05, 0) is 4.85 Å². The van der Waals surface area contributed by atoms with Gasteiger partial charge >= 0.3 is 5.88 Å². The van der Waals surface area contributed by atoms with Gasteiger partial charge in [-0.2, -0.15) is 0 Å². The molecular formula is C5H5N3O4. The van der Waals surface area contributed by atoms with Gasteiger partial charge in [-0.3, -0.25) is 0 Å². The van der Waals surface area contributed by atoms with Crippen molar-refractivity contribution in [1.82, 2.24) is 5.10 Å². The second-order valence-corrected chi connectivity index (χ2v) is 2.15. The standard InChI is InChI=1S/C5H5N3O4/c6-4-2-3(12-1-11-2)5(9)8(10)7-4/h9H,1H2,(H2,6,7). The second-order valence-electron chi connectivity index (χ2n) is 2.15. The normalized spacial score (nSPS) is 13.3. The first-order valence-corrected chi connectivity index (χ1v) is 3.08. The van der Waals surface area contributed by atoms with Crippen LogP contribution < -0.4 is 20.1 Å². The second kappa shape index (κ2) is 2.03. The maximum Gasteiger partial charge on any atom is 0.451 e. The van der Waals surface area contributed by atoms with E-state index in [2.05, 4.69) is 5.10 Å². The van der Waals surface area contributed by atoms with Crippen LogP contribution in [-0.4, -0.2) is 17.0 Å². The lowest BCUT2D eigenvalue weighted by Crippen LogP contribution is -2.31. The van der Waals surface area contributed by atoms with Crippen LogP contribution in [0.15, 0.2) is 0 Å². The van der Waals surface area contributed by atoms with E-state index in [1.165, 1.54) is 0 Å². The van der Waals surface area contributed by atoms with E-state index in [-0.39, 0.29) is 29.0 Å². The number of hydrogen-bond acceptors (Lipinski definition) is 6. The zero-order chi connectivity index (χ0) is 8.72. The Hall–Kier alpha value is -1.92. The van der Waals surface area contributed by atoms with E-state index in [0.717, 1.165) is 0 Å². The number of hydrogen-bond donors (Lipinski definition) is 2. The van der Waals surface area contributed by atoms with Crippen LogP contribution in [0.25, 0.3) is 0 Å². The Morgan fingerprint density at radius 2 is 2.17 bits per heavy atom. The van der Waals surface area contributed by atoms with E-state index in [4.69, 9.17) is 20.3 Å². The number of nitrogens with two attached hydrogens (primary N) is 1. The lowest BCUT2D eigenvalue weighted by Gasteiger charge is -1.99. The minimum atomic E-state index is -0.642. The van der Waals surface area contributed by atoms with Crippen LogP contribution in [0.1, 0.15) is 0 Å². The lowest BCUT2D eigenvalue weighted by molar-refractivity contribution is -0.674. The number of anilines is 1. The van der Waals surface area contributed by atoms with E-state index in [0.29, 0.717) is 0 Å². The number of rotatable bonds is 0. The van der Waals surface area contributed by atoms with Crippen molar-refractivity contribution in [3.8, 4) is 17.4 Å². The highest BCUT2D eigenvalue weighted by Gasteiger charge is 2.29. The fourth-order valence-corrected chi connectivity index (χ4v) is 0.912. The van der Waals surface area contributed by atoms with E-state index in [9.17, 15) is 5.21 Å². The number of aromatic hydroxyl groups is 1. The van der Waals surface area contributed by atoms with Crippen LogP contribution in [0.4, 0.5) is 5.82 Å². The first kappa shape index (κ1) is 6.77. The molecule has 3 N–H and O–H groups in total. The van der Waals surface area contributed by atoms with Crippen LogP contribution in [0.5, 0.6) is 17.4 Å². The molecule has 0 aromatic carbocycles. The average molecular weight is 171 g/mol. The molecule has 0 fully saturated rings. The Morgan fingerprint density at radius 3 is 2.92 bits per heavy atom. The van der Waals surface area contributed by atoms with Crippen molar-refractivity contribution in [2.45, 2.75) is 0 Å². The summed E-state index contributed by atoms with van der Waals surface area (Å²) in [5.74, 6) is -0.691. The Labute approximate surface area is 66.5 Å². The maximum absolute atomic E-state index is 10.7. The topological polar surface area (TPSA) is 105 Å². The molecule has 0 radical (unpaired) electrons.